The van der Waals surface area contributed by atoms with Crippen molar-refractivity contribution in [3.63, 3.8) is 0 Å². The molecule has 0 spiro atoms. The van der Waals surface area contributed by atoms with E-state index in [2.05, 4.69) is 44.1 Å². The lowest BCUT2D eigenvalue weighted by atomic mass is 10.1. The van der Waals surface area contributed by atoms with E-state index in [1.165, 1.54) is 17.8 Å². The normalized spacial score (nSPS) is 14.7. The average molecular weight is 464 g/mol. The third-order valence-electron chi connectivity index (χ3n) is 5.74. The first-order chi connectivity index (χ1) is 16.2. The SMILES string of the molecule is Cn1cnc(CCn2c(-c3ccc(N4CCOCC4)cc3)csc2=Nc2ccc(F)cc2)c1. The number of hydrogen-bond donors (Lipinski definition) is 0. The molecule has 8 heteroatoms. The third-order valence-corrected chi connectivity index (χ3v) is 6.60. The summed E-state index contributed by atoms with van der Waals surface area (Å²) in [5, 5.41) is 2.14. The summed E-state index contributed by atoms with van der Waals surface area (Å²) in [6.45, 7) is 4.13. The largest absolute Gasteiger partial charge is 0.378 e. The number of halogens is 1. The number of morpholine rings is 1. The van der Waals surface area contributed by atoms with Gasteiger partial charge in [0, 0.05) is 50.4 Å². The van der Waals surface area contributed by atoms with Crippen molar-refractivity contribution in [1.29, 1.82) is 0 Å². The molecule has 0 bridgehead atoms. The van der Waals surface area contributed by atoms with Gasteiger partial charge < -0.3 is 18.8 Å². The van der Waals surface area contributed by atoms with Crippen molar-refractivity contribution in [3.8, 4) is 11.3 Å². The topological polar surface area (TPSA) is 47.6 Å². The van der Waals surface area contributed by atoms with E-state index in [1.54, 1.807) is 23.5 Å². The van der Waals surface area contributed by atoms with E-state index >= 15 is 0 Å². The second kappa shape index (κ2) is 9.72. The number of aryl methyl sites for hydroxylation is 2. The van der Waals surface area contributed by atoms with Gasteiger partial charge in [-0.05, 0) is 42.0 Å². The average Bonchev–Trinajstić information content (AvgIpc) is 3.45. The summed E-state index contributed by atoms with van der Waals surface area (Å²) >= 11 is 1.59. The molecule has 1 aliphatic heterocycles. The van der Waals surface area contributed by atoms with Crippen LogP contribution in [0.2, 0.25) is 0 Å². The molecule has 0 amide bonds. The van der Waals surface area contributed by atoms with Crippen LogP contribution in [-0.2, 0) is 24.8 Å². The standard InChI is InChI=1S/C25H26FN5OS/c1-29-16-22(27-18-29)10-11-31-24(17-33-25(31)28-21-6-4-20(26)5-7-21)19-2-8-23(9-3-19)30-12-14-32-15-13-30/h2-9,16-18H,10-15H2,1H3. The highest BCUT2D eigenvalue weighted by Crippen LogP contribution is 2.25. The lowest BCUT2D eigenvalue weighted by Gasteiger charge is -2.28. The van der Waals surface area contributed by atoms with Crippen molar-refractivity contribution in [3.05, 3.63) is 82.7 Å². The van der Waals surface area contributed by atoms with Crippen molar-refractivity contribution in [2.75, 3.05) is 31.2 Å². The second-order valence-corrected chi connectivity index (χ2v) is 8.91. The van der Waals surface area contributed by atoms with E-state index in [1.807, 2.05) is 24.1 Å². The Balaban J connectivity index is 1.48. The molecule has 1 aliphatic rings. The molecular weight excluding hydrogens is 437 g/mol. The zero-order valence-electron chi connectivity index (χ0n) is 18.5. The van der Waals surface area contributed by atoms with Gasteiger partial charge in [0.25, 0.3) is 0 Å². The molecule has 2 aromatic carbocycles. The van der Waals surface area contributed by atoms with Gasteiger partial charge in [-0.3, -0.25) is 0 Å². The Morgan fingerprint density at radius 3 is 2.52 bits per heavy atom. The Hall–Kier alpha value is -3.23. The number of rotatable bonds is 6. The molecule has 170 valence electrons. The number of hydrogen-bond acceptors (Lipinski definition) is 5. The molecule has 0 saturated carbocycles. The molecule has 1 fully saturated rings. The van der Waals surface area contributed by atoms with Crippen LogP contribution in [0.15, 0.2) is 71.4 Å². The summed E-state index contributed by atoms with van der Waals surface area (Å²) in [6, 6.07) is 15.0. The third kappa shape index (κ3) is 5.07. The smallest absolute Gasteiger partial charge is 0.190 e. The van der Waals surface area contributed by atoms with Crippen molar-refractivity contribution < 1.29 is 9.13 Å². The maximum Gasteiger partial charge on any atom is 0.190 e. The van der Waals surface area contributed by atoms with Crippen LogP contribution < -0.4 is 9.70 Å². The van der Waals surface area contributed by atoms with Gasteiger partial charge in [-0.25, -0.2) is 14.4 Å². The van der Waals surface area contributed by atoms with E-state index in [9.17, 15) is 4.39 Å². The molecule has 4 aromatic rings. The fourth-order valence-electron chi connectivity index (χ4n) is 3.98. The summed E-state index contributed by atoms with van der Waals surface area (Å²) in [7, 11) is 1.98. The molecule has 0 aliphatic carbocycles. The highest BCUT2D eigenvalue weighted by Gasteiger charge is 2.13. The number of ether oxygens (including phenoxy) is 1. The molecule has 0 atom stereocenters. The Labute approximate surface area is 196 Å². The van der Waals surface area contributed by atoms with Crippen LogP contribution >= 0.6 is 11.3 Å². The molecule has 2 aromatic heterocycles. The first-order valence-corrected chi connectivity index (χ1v) is 11.9. The van der Waals surface area contributed by atoms with Crippen LogP contribution in [0.3, 0.4) is 0 Å². The predicted octanol–water partition coefficient (Wildman–Crippen LogP) is 4.40. The van der Waals surface area contributed by atoms with Gasteiger partial charge in [0.2, 0.25) is 0 Å². The predicted molar refractivity (Wildman–Crippen MR) is 129 cm³/mol. The van der Waals surface area contributed by atoms with E-state index < -0.39 is 0 Å². The number of aromatic nitrogens is 3. The van der Waals surface area contributed by atoms with Crippen molar-refractivity contribution in [2.45, 2.75) is 13.0 Å². The second-order valence-electron chi connectivity index (χ2n) is 8.07. The number of thiazole rings is 1. The van der Waals surface area contributed by atoms with E-state index in [4.69, 9.17) is 9.73 Å². The molecule has 0 radical (unpaired) electrons. The van der Waals surface area contributed by atoms with Crippen LogP contribution in [0.5, 0.6) is 0 Å². The first-order valence-electron chi connectivity index (χ1n) is 11.0. The monoisotopic (exact) mass is 463 g/mol. The van der Waals surface area contributed by atoms with Crippen LogP contribution in [-0.4, -0.2) is 40.4 Å². The van der Waals surface area contributed by atoms with Crippen LogP contribution in [0.1, 0.15) is 5.69 Å². The van der Waals surface area contributed by atoms with Gasteiger partial charge in [-0.1, -0.05) is 12.1 Å². The minimum absolute atomic E-state index is 0.260. The summed E-state index contributed by atoms with van der Waals surface area (Å²) in [6.07, 6.45) is 4.66. The van der Waals surface area contributed by atoms with Gasteiger partial charge in [0.1, 0.15) is 5.82 Å². The van der Waals surface area contributed by atoms with Crippen molar-refractivity contribution in [2.24, 2.45) is 12.0 Å². The van der Waals surface area contributed by atoms with Crippen LogP contribution in [0.25, 0.3) is 11.3 Å². The lowest BCUT2D eigenvalue weighted by molar-refractivity contribution is 0.122. The molecule has 0 N–H and O–H groups in total. The molecular formula is C25H26FN5OS. The molecule has 5 rings (SSSR count). The molecule has 33 heavy (non-hydrogen) atoms. The summed E-state index contributed by atoms with van der Waals surface area (Å²) in [5.41, 5.74) is 5.25. The van der Waals surface area contributed by atoms with Gasteiger partial charge in [0.15, 0.2) is 4.80 Å². The Morgan fingerprint density at radius 1 is 1.06 bits per heavy atom. The van der Waals surface area contributed by atoms with Gasteiger partial charge in [-0.2, -0.15) is 0 Å². The number of imidazole rings is 1. The number of anilines is 1. The van der Waals surface area contributed by atoms with E-state index in [0.717, 1.165) is 66.7 Å². The maximum absolute atomic E-state index is 13.3. The molecule has 0 unspecified atom stereocenters. The molecule has 3 heterocycles. The lowest BCUT2D eigenvalue weighted by Crippen LogP contribution is -2.36. The fourth-order valence-corrected chi connectivity index (χ4v) is 4.93. The minimum Gasteiger partial charge on any atom is -0.378 e. The van der Waals surface area contributed by atoms with Crippen LogP contribution in [0.4, 0.5) is 15.8 Å². The van der Waals surface area contributed by atoms with Crippen molar-refractivity contribution in [1.82, 2.24) is 14.1 Å². The molecule has 6 nitrogen and oxygen atoms in total. The maximum atomic E-state index is 13.3. The highest BCUT2D eigenvalue weighted by atomic mass is 32.1. The van der Waals surface area contributed by atoms with Gasteiger partial charge in [0.05, 0.1) is 36.6 Å². The summed E-state index contributed by atoms with van der Waals surface area (Å²) < 4.78 is 23.0. The van der Waals surface area contributed by atoms with Crippen LogP contribution in [0, 0.1) is 5.82 Å². The van der Waals surface area contributed by atoms with E-state index in [0.29, 0.717) is 0 Å². The van der Waals surface area contributed by atoms with Crippen molar-refractivity contribution >= 4 is 22.7 Å². The quantitative estimate of drug-likeness (QED) is 0.426. The van der Waals surface area contributed by atoms with E-state index in [-0.39, 0.29) is 5.82 Å². The first kappa shape index (κ1) is 21.6. The fraction of sp³-hybridized carbons (Fsp3) is 0.280. The summed E-state index contributed by atoms with van der Waals surface area (Å²) in [4.78, 5) is 12.5. The Bertz CT molecular complexity index is 1270. The molecule has 1 saturated heterocycles. The van der Waals surface area contributed by atoms with Gasteiger partial charge >= 0.3 is 0 Å². The number of benzene rings is 2. The summed E-state index contributed by atoms with van der Waals surface area (Å²) in [5.74, 6) is -0.260. The zero-order chi connectivity index (χ0) is 22.6. The number of nitrogens with zero attached hydrogens (tertiary/aromatic N) is 5. The van der Waals surface area contributed by atoms with Gasteiger partial charge in [-0.15, -0.1) is 11.3 Å². The zero-order valence-corrected chi connectivity index (χ0v) is 19.3. The Kier molecular flexibility index (Phi) is 6.37. The minimum atomic E-state index is -0.260. The highest BCUT2D eigenvalue weighted by molar-refractivity contribution is 7.07. The Morgan fingerprint density at radius 2 is 1.82 bits per heavy atom.